The Morgan fingerprint density at radius 3 is 2.25 bits per heavy atom. The van der Waals surface area contributed by atoms with Gasteiger partial charge in [0.2, 0.25) is 10.0 Å². The Balaban J connectivity index is 1.88. The van der Waals surface area contributed by atoms with Crippen molar-refractivity contribution < 1.29 is 21.6 Å². The van der Waals surface area contributed by atoms with Crippen LogP contribution >= 0.6 is 0 Å². The van der Waals surface area contributed by atoms with Crippen LogP contribution in [0.3, 0.4) is 0 Å². The van der Waals surface area contributed by atoms with Gasteiger partial charge in [0.15, 0.2) is 0 Å². The quantitative estimate of drug-likeness (QED) is 0.843. The molecule has 2 unspecified atom stereocenters. The van der Waals surface area contributed by atoms with E-state index in [-0.39, 0.29) is 12.5 Å². The zero-order valence-electron chi connectivity index (χ0n) is 11.5. The minimum Gasteiger partial charge on any atom is -0.311 e. The van der Waals surface area contributed by atoms with Gasteiger partial charge in [-0.1, -0.05) is 0 Å². The van der Waals surface area contributed by atoms with Crippen molar-refractivity contribution in [2.24, 2.45) is 0 Å². The van der Waals surface area contributed by atoms with Gasteiger partial charge in [0.05, 0.1) is 5.75 Å². The fourth-order valence-corrected chi connectivity index (χ4v) is 4.57. The molecule has 2 aliphatic rings. The zero-order chi connectivity index (χ0) is 15.0. The van der Waals surface area contributed by atoms with Crippen LogP contribution in [0.2, 0.25) is 0 Å². The molecule has 20 heavy (non-hydrogen) atoms. The normalized spacial score (nSPS) is 30.9. The topological polar surface area (TPSA) is 49.4 Å². The number of halogens is 3. The van der Waals surface area contributed by atoms with Crippen molar-refractivity contribution in [3.8, 4) is 0 Å². The minimum absolute atomic E-state index is 0.0790. The molecule has 1 N–H and O–H groups in total. The van der Waals surface area contributed by atoms with Crippen LogP contribution < -0.4 is 5.32 Å². The number of hydrogen-bond donors (Lipinski definition) is 1. The zero-order valence-corrected chi connectivity index (χ0v) is 12.3. The van der Waals surface area contributed by atoms with E-state index in [0.717, 1.165) is 25.7 Å². The van der Waals surface area contributed by atoms with Crippen LogP contribution in [0, 0.1) is 0 Å². The van der Waals surface area contributed by atoms with E-state index >= 15 is 0 Å². The van der Waals surface area contributed by atoms with Gasteiger partial charge in [0.25, 0.3) is 0 Å². The van der Waals surface area contributed by atoms with Crippen molar-refractivity contribution >= 4 is 10.0 Å². The first-order valence-electron chi connectivity index (χ1n) is 6.96. The molecule has 2 fully saturated rings. The Hall–Kier alpha value is -0.340. The summed E-state index contributed by atoms with van der Waals surface area (Å²) < 4.78 is 61.7. The predicted octanol–water partition coefficient (Wildman–Crippen LogP) is 1.87. The average molecular weight is 314 g/mol. The van der Waals surface area contributed by atoms with Crippen LogP contribution in [-0.2, 0) is 10.0 Å². The smallest absolute Gasteiger partial charge is 0.311 e. The summed E-state index contributed by atoms with van der Waals surface area (Å²) in [6.07, 6.45) is -2.07. The monoisotopic (exact) mass is 314 g/mol. The average Bonchev–Trinajstić information content (AvgIpc) is 2.65. The second kappa shape index (κ2) is 5.81. The molecule has 8 heteroatoms. The van der Waals surface area contributed by atoms with Crippen molar-refractivity contribution in [2.45, 2.75) is 62.8 Å². The van der Waals surface area contributed by atoms with Crippen LogP contribution in [0.4, 0.5) is 13.2 Å². The first-order chi connectivity index (χ1) is 9.17. The van der Waals surface area contributed by atoms with E-state index in [4.69, 9.17) is 0 Å². The third kappa shape index (κ3) is 4.08. The molecule has 2 aliphatic heterocycles. The fraction of sp³-hybridized carbons (Fsp3) is 1.00. The maximum Gasteiger partial charge on any atom is 0.389 e. The molecule has 0 aromatic heterocycles. The maximum atomic E-state index is 12.1. The van der Waals surface area contributed by atoms with Gasteiger partial charge >= 0.3 is 6.18 Å². The lowest BCUT2D eigenvalue weighted by atomic mass is 10.0. The number of hydrogen-bond acceptors (Lipinski definition) is 3. The molecule has 0 aromatic rings. The highest BCUT2D eigenvalue weighted by molar-refractivity contribution is 7.89. The van der Waals surface area contributed by atoms with E-state index < -0.39 is 28.4 Å². The van der Waals surface area contributed by atoms with E-state index in [1.165, 1.54) is 11.4 Å². The lowest BCUT2D eigenvalue weighted by Crippen LogP contribution is -2.49. The van der Waals surface area contributed by atoms with Crippen molar-refractivity contribution in [1.82, 2.24) is 9.62 Å². The molecule has 118 valence electrons. The Bertz CT molecular complexity index is 426. The third-order valence-corrected chi connectivity index (χ3v) is 6.24. The van der Waals surface area contributed by atoms with E-state index in [0.29, 0.717) is 12.1 Å². The van der Waals surface area contributed by atoms with Crippen LogP contribution in [0.15, 0.2) is 0 Å². The molecule has 0 saturated carbocycles. The fourth-order valence-electron chi connectivity index (χ4n) is 3.15. The summed E-state index contributed by atoms with van der Waals surface area (Å²) in [5, 5.41) is 3.42. The molecular weight excluding hydrogens is 293 g/mol. The number of piperidine rings is 1. The summed E-state index contributed by atoms with van der Waals surface area (Å²) in [6.45, 7) is 0. The largest absolute Gasteiger partial charge is 0.389 e. The summed E-state index contributed by atoms with van der Waals surface area (Å²) in [5.74, 6) is -0.428. The van der Waals surface area contributed by atoms with Crippen molar-refractivity contribution in [2.75, 3.05) is 12.8 Å². The van der Waals surface area contributed by atoms with Gasteiger partial charge in [-0.25, -0.2) is 12.7 Å². The molecule has 0 radical (unpaired) electrons. The van der Waals surface area contributed by atoms with E-state index in [9.17, 15) is 21.6 Å². The molecule has 0 aliphatic carbocycles. The van der Waals surface area contributed by atoms with Crippen LogP contribution in [-0.4, -0.2) is 49.8 Å². The third-order valence-electron chi connectivity index (χ3n) is 4.26. The molecule has 2 saturated heterocycles. The number of alkyl halides is 3. The first kappa shape index (κ1) is 16.0. The number of nitrogens with one attached hydrogen (secondary N) is 1. The highest BCUT2D eigenvalue weighted by Crippen LogP contribution is 2.30. The Morgan fingerprint density at radius 2 is 1.75 bits per heavy atom. The number of sulfonamides is 1. The second-order valence-electron chi connectivity index (χ2n) is 5.81. The van der Waals surface area contributed by atoms with Crippen molar-refractivity contribution in [3.05, 3.63) is 0 Å². The molecule has 2 rings (SSSR count). The first-order valence-corrected chi connectivity index (χ1v) is 8.57. The van der Waals surface area contributed by atoms with Crippen molar-refractivity contribution in [1.29, 1.82) is 0 Å². The minimum atomic E-state index is -4.29. The summed E-state index contributed by atoms with van der Waals surface area (Å²) in [4.78, 5) is 0. The molecule has 4 nitrogen and oxygen atoms in total. The molecular formula is C12H21F3N2O2S. The van der Waals surface area contributed by atoms with Gasteiger partial charge in [-0.05, 0) is 32.1 Å². The number of nitrogens with zero attached hydrogens (tertiary/aromatic N) is 1. The SMILES string of the molecule is CN(C1CC2CCC(C1)N2)S(=O)(=O)CCCC(F)(F)F. The van der Waals surface area contributed by atoms with Gasteiger partial charge in [0.1, 0.15) is 0 Å². The van der Waals surface area contributed by atoms with Gasteiger partial charge in [-0.15, -0.1) is 0 Å². The lowest BCUT2D eigenvalue weighted by molar-refractivity contribution is -0.134. The summed E-state index contributed by atoms with van der Waals surface area (Å²) >= 11 is 0. The van der Waals surface area contributed by atoms with E-state index in [1.807, 2.05) is 0 Å². The second-order valence-corrected chi connectivity index (χ2v) is 7.96. The van der Waals surface area contributed by atoms with Gasteiger partial charge in [-0.2, -0.15) is 13.2 Å². The molecule has 2 atom stereocenters. The predicted molar refractivity (Wildman–Crippen MR) is 69.8 cm³/mol. The standard InChI is InChI=1S/C12H21F3N2O2S/c1-17(11-7-9-3-4-10(8-11)16-9)20(18,19)6-2-5-12(13,14)15/h9-11,16H,2-8H2,1H3. The molecule has 0 aromatic carbocycles. The Morgan fingerprint density at radius 1 is 1.20 bits per heavy atom. The lowest BCUT2D eigenvalue weighted by Gasteiger charge is -2.34. The molecule has 0 amide bonds. The van der Waals surface area contributed by atoms with Crippen molar-refractivity contribution in [3.63, 3.8) is 0 Å². The van der Waals surface area contributed by atoms with Crippen LogP contribution in [0.1, 0.15) is 38.5 Å². The Labute approximate surface area is 117 Å². The number of rotatable bonds is 5. The number of fused-ring (bicyclic) bond motifs is 2. The van der Waals surface area contributed by atoms with Gasteiger partial charge in [0, 0.05) is 31.6 Å². The molecule has 0 spiro atoms. The maximum absolute atomic E-state index is 12.1. The van der Waals surface area contributed by atoms with E-state index in [2.05, 4.69) is 5.32 Å². The summed E-state index contributed by atoms with van der Waals surface area (Å²) in [7, 11) is -2.10. The van der Waals surface area contributed by atoms with Crippen LogP contribution in [0.5, 0.6) is 0 Å². The highest BCUT2D eigenvalue weighted by atomic mass is 32.2. The molecule has 2 heterocycles. The summed E-state index contributed by atoms with van der Waals surface area (Å²) in [5.41, 5.74) is 0. The molecule has 2 bridgehead atoms. The van der Waals surface area contributed by atoms with Gasteiger partial charge in [-0.3, -0.25) is 0 Å². The van der Waals surface area contributed by atoms with Crippen LogP contribution in [0.25, 0.3) is 0 Å². The van der Waals surface area contributed by atoms with Gasteiger partial charge < -0.3 is 5.32 Å². The van der Waals surface area contributed by atoms with E-state index in [1.54, 1.807) is 0 Å². The Kier molecular flexibility index (Phi) is 4.66. The highest BCUT2D eigenvalue weighted by Gasteiger charge is 2.38. The summed E-state index contributed by atoms with van der Waals surface area (Å²) in [6, 6.07) is 0.628.